The molecule has 0 radical (unpaired) electrons. The van der Waals surface area contributed by atoms with E-state index in [0.717, 1.165) is 17.7 Å². The summed E-state index contributed by atoms with van der Waals surface area (Å²) in [5, 5.41) is 0. The third-order valence-electron chi connectivity index (χ3n) is 3.57. The van der Waals surface area contributed by atoms with Gasteiger partial charge in [0.1, 0.15) is 17.4 Å². The van der Waals surface area contributed by atoms with E-state index in [1.807, 2.05) is 0 Å². The Kier molecular flexibility index (Phi) is 3.01. The third-order valence-corrected chi connectivity index (χ3v) is 3.57. The number of hydrogen-bond donors (Lipinski definition) is 0. The van der Waals surface area contributed by atoms with Crippen LogP contribution in [0.25, 0.3) is 11.1 Å². The number of carbonyl (C=O) groups excluding carboxylic acids is 1. The van der Waals surface area contributed by atoms with Crippen molar-refractivity contribution in [2.24, 2.45) is 0 Å². The van der Waals surface area contributed by atoms with Crippen molar-refractivity contribution in [3.63, 3.8) is 0 Å². The molecule has 0 fully saturated rings. The molecular weight excluding hydrogens is 262 g/mol. The quantitative estimate of drug-likeness (QED) is 0.833. The largest absolute Gasteiger partial charge is 0.497 e. The van der Waals surface area contributed by atoms with Crippen LogP contribution in [0.1, 0.15) is 22.3 Å². The minimum absolute atomic E-state index is 0.0854. The van der Waals surface area contributed by atoms with Gasteiger partial charge < -0.3 is 4.74 Å². The Morgan fingerprint density at radius 2 is 1.75 bits per heavy atom. The zero-order valence-corrected chi connectivity index (χ0v) is 10.9. The van der Waals surface area contributed by atoms with Crippen LogP contribution < -0.4 is 4.74 Å². The molecule has 0 aliphatic heterocycles. The Balaban J connectivity index is 2.13. The number of carbonyl (C=O) groups is 1. The molecule has 3 rings (SSSR count). The number of benzene rings is 2. The van der Waals surface area contributed by atoms with E-state index < -0.39 is 11.6 Å². The van der Waals surface area contributed by atoms with Gasteiger partial charge in [-0.2, -0.15) is 0 Å². The predicted molar refractivity (Wildman–Crippen MR) is 71.0 cm³/mol. The topological polar surface area (TPSA) is 26.3 Å². The first kappa shape index (κ1) is 12.8. The van der Waals surface area contributed by atoms with E-state index in [0.29, 0.717) is 24.0 Å². The number of fused-ring (bicyclic) bond motifs is 1. The van der Waals surface area contributed by atoms with Crippen LogP contribution in [0.5, 0.6) is 5.75 Å². The van der Waals surface area contributed by atoms with Gasteiger partial charge in [0.2, 0.25) is 0 Å². The van der Waals surface area contributed by atoms with E-state index in [-0.39, 0.29) is 17.1 Å². The molecule has 1 aliphatic rings. The number of Topliss-reactive ketones (excluding diaryl/α,β-unsaturated/α-hetero) is 1. The second-order valence-corrected chi connectivity index (χ2v) is 4.76. The van der Waals surface area contributed by atoms with Crippen LogP contribution in [0.15, 0.2) is 30.3 Å². The van der Waals surface area contributed by atoms with Crippen LogP contribution in [0.2, 0.25) is 0 Å². The van der Waals surface area contributed by atoms with Crippen LogP contribution >= 0.6 is 0 Å². The van der Waals surface area contributed by atoms with Crippen LogP contribution in [0.4, 0.5) is 8.78 Å². The molecule has 102 valence electrons. The Bertz CT molecular complexity index is 685. The van der Waals surface area contributed by atoms with E-state index in [4.69, 9.17) is 4.74 Å². The zero-order chi connectivity index (χ0) is 14.3. The molecule has 0 unspecified atom stereocenters. The monoisotopic (exact) mass is 274 g/mol. The van der Waals surface area contributed by atoms with Gasteiger partial charge in [-0.1, -0.05) is 18.2 Å². The molecular formula is C16H12F2O2. The van der Waals surface area contributed by atoms with Crippen LogP contribution in [0, 0.1) is 11.6 Å². The van der Waals surface area contributed by atoms with Crippen molar-refractivity contribution in [3.05, 3.63) is 53.1 Å². The highest BCUT2D eigenvalue weighted by molar-refractivity contribution is 6.01. The first-order valence-corrected chi connectivity index (χ1v) is 6.29. The summed E-state index contributed by atoms with van der Waals surface area (Å²) in [6.45, 7) is 0. The van der Waals surface area contributed by atoms with Gasteiger partial charge in [0.05, 0.1) is 12.7 Å². The second-order valence-electron chi connectivity index (χ2n) is 4.76. The SMILES string of the molecule is COc1cc(F)c(-c2ccc3c(c2)CCC3=O)c(F)c1. The van der Waals surface area contributed by atoms with E-state index in [9.17, 15) is 13.6 Å². The highest BCUT2D eigenvalue weighted by Crippen LogP contribution is 2.33. The lowest BCUT2D eigenvalue weighted by Gasteiger charge is -2.09. The fraction of sp³-hybridized carbons (Fsp3) is 0.188. The summed E-state index contributed by atoms with van der Waals surface area (Å²) in [6, 6.07) is 7.21. The van der Waals surface area contributed by atoms with Crippen LogP contribution in [-0.4, -0.2) is 12.9 Å². The van der Waals surface area contributed by atoms with Crippen molar-refractivity contribution < 1.29 is 18.3 Å². The maximum absolute atomic E-state index is 14.0. The first-order valence-electron chi connectivity index (χ1n) is 6.29. The van der Waals surface area contributed by atoms with Crippen molar-refractivity contribution >= 4 is 5.78 Å². The molecule has 1 aliphatic carbocycles. The summed E-state index contributed by atoms with van der Waals surface area (Å²) >= 11 is 0. The summed E-state index contributed by atoms with van der Waals surface area (Å²) in [5.41, 5.74) is 1.86. The van der Waals surface area contributed by atoms with Crippen LogP contribution in [0.3, 0.4) is 0 Å². The molecule has 0 heterocycles. The highest BCUT2D eigenvalue weighted by Gasteiger charge is 2.21. The van der Waals surface area contributed by atoms with E-state index >= 15 is 0 Å². The van der Waals surface area contributed by atoms with Crippen LogP contribution in [-0.2, 0) is 6.42 Å². The van der Waals surface area contributed by atoms with Crippen molar-refractivity contribution in [1.82, 2.24) is 0 Å². The molecule has 0 N–H and O–H groups in total. The molecule has 20 heavy (non-hydrogen) atoms. The average molecular weight is 274 g/mol. The normalized spacial score (nSPS) is 13.4. The van der Waals surface area contributed by atoms with Crippen molar-refractivity contribution in [3.8, 4) is 16.9 Å². The van der Waals surface area contributed by atoms with Crippen molar-refractivity contribution in [2.45, 2.75) is 12.8 Å². The molecule has 0 saturated carbocycles. The molecule has 2 aromatic rings. The summed E-state index contributed by atoms with van der Waals surface area (Å²) in [6.07, 6.45) is 1.09. The molecule has 4 heteroatoms. The molecule has 0 aromatic heterocycles. The second kappa shape index (κ2) is 4.71. The molecule has 0 atom stereocenters. The van der Waals surface area contributed by atoms with Gasteiger partial charge >= 0.3 is 0 Å². The Morgan fingerprint density at radius 1 is 1.05 bits per heavy atom. The maximum Gasteiger partial charge on any atom is 0.163 e. The smallest absolute Gasteiger partial charge is 0.163 e. The number of hydrogen-bond acceptors (Lipinski definition) is 2. The molecule has 0 saturated heterocycles. The standard InChI is InChI=1S/C16H12F2O2/c1-20-11-7-13(17)16(14(18)8-11)10-2-4-12-9(6-10)3-5-15(12)19/h2,4,6-8H,3,5H2,1H3. The van der Waals surface area contributed by atoms with Gasteiger partial charge in [-0.25, -0.2) is 8.78 Å². The predicted octanol–water partition coefficient (Wildman–Crippen LogP) is 3.77. The first-order chi connectivity index (χ1) is 9.60. The van der Waals surface area contributed by atoms with Gasteiger partial charge in [0.25, 0.3) is 0 Å². The number of halogens is 2. The van der Waals surface area contributed by atoms with Gasteiger partial charge in [-0.3, -0.25) is 4.79 Å². The van der Waals surface area contributed by atoms with Gasteiger partial charge in [-0.05, 0) is 17.5 Å². The summed E-state index contributed by atoms with van der Waals surface area (Å²) in [7, 11) is 1.36. The minimum atomic E-state index is -0.675. The molecule has 0 amide bonds. The minimum Gasteiger partial charge on any atom is -0.497 e. The van der Waals surface area contributed by atoms with Crippen molar-refractivity contribution in [2.75, 3.05) is 7.11 Å². The van der Waals surface area contributed by atoms with E-state index in [2.05, 4.69) is 0 Å². The Morgan fingerprint density at radius 3 is 2.40 bits per heavy atom. The molecule has 0 spiro atoms. The lowest BCUT2D eigenvalue weighted by atomic mass is 9.99. The fourth-order valence-electron chi connectivity index (χ4n) is 2.55. The Hall–Kier alpha value is -2.23. The third kappa shape index (κ3) is 1.97. The lowest BCUT2D eigenvalue weighted by molar-refractivity contribution is 0.0994. The molecule has 0 bridgehead atoms. The summed E-state index contributed by atoms with van der Waals surface area (Å²) in [4.78, 5) is 11.6. The van der Waals surface area contributed by atoms with E-state index in [1.165, 1.54) is 7.11 Å². The summed E-state index contributed by atoms with van der Waals surface area (Å²) < 4.78 is 32.9. The highest BCUT2D eigenvalue weighted by atomic mass is 19.1. The van der Waals surface area contributed by atoms with Gasteiger partial charge in [-0.15, -0.1) is 0 Å². The lowest BCUT2D eigenvalue weighted by Crippen LogP contribution is -1.95. The Labute approximate surface area is 115 Å². The number of rotatable bonds is 2. The maximum atomic E-state index is 14.0. The molecule has 2 aromatic carbocycles. The number of ketones is 1. The average Bonchev–Trinajstić information content (AvgIpc) is 2.79. The van der Waals surface area contributed by atoms with Gasteiger partial charge in [0, 0.05) is 24.1 Å². The number of methoxy groups -OCH3 is 1. The zero-order valence-electron chi connectivity index (χ0n) is 10.9. The summed E-state index contributed by atoms with van der Waals surface area (Å²) in [5.74, 6) is -1.13. The number of ether oxygens (including phenoxy) is 1. The fourth-order valence-corrected chi connectivity index (χ4v) is 2.55. The number of aryl methyl sites for hydroxylation is 1. The van der Waals surface area contributed by atoms with E-state index in [1.54, 1.807) is 18.2 Å². The van der Waals surface area contributed by atoms with Crippen molar-refractivity contribution in [1.29, 1.82) is 0 Å². The molecule has 2 nitrogen and oxygen atoms in total. The van der Waals surface area contributed by atoms with Gasteiger partial charge in [0.15, 0.2) is 5.78 Å².